The molecule has 0 aliphatic carbocycles. The molecule has 0 saturated carbocycles. The van der Waals surface area contributed by atoms with Crippen LogP contribution in [0.5, 0.6) is 0 Å². The molecule has 0 spiro atoms. The van der Waals surface area contributed by atoms with Crippen molar-refractivity contribution < 1.29 is 40.4 Å². The minimum absolute atomic E-state index is 0.0317. The third kappa shape index (κ3) is 6.41. The van der Waals surface area contributed by atoms with Crippen LogP contribution in [0.4, 0.5) is 32.4 Å². The highest BCUT2D eigenvalue weighted by atomic mass is 28.4. The second-order valence-electron chi connectivity index (χ2n) is 5.36. The summed E-state index contributed by atoms with van der Waals surface area (Å²) in [7, 11) is -3.27. The molecule has 0 unspecified atom stereocenters. The van der Waals surface area contributed by atoms with Gasteiger partial charge in [-0.05, 0) is 26.7 Å². The van der Waals surface area contributed by atoms with Gasteiger partial charge in [-0.15, -0.1) is 0 Å². The average Bonchev–Trinajstić information content (AvgIpc) is 2.62. The largest absolute Gasteiger partial charge is 0.498 e. The predicted octanol–water partition coefficient (Wildman–Crippen LogP) is 3.29. The summed E-state index contributed by atoms with van der Waals surface area (Å²) in [5.41, 5.74) is -1.43. The summed E-state index contributed by atoms with van der Waals surface area (Å²) in [6.07, 6.45) is 0.783. The number of rotatable bonds is 10. The topological polar surface area (TPSA) is 79.8 Å². The van der Waals surface area contributed by atoms with Gasteiger partial charge in [-0.1, -0.05) is 0 Å². The lowest BCUT2D eigenvalue weighted by Crippen LogP contribution is -2.42. The van der Waals surface area contributed by atoms with Gasteiger partial charge in [0, 0.05) is 25.8 Å². The van der Waals surface area contributed by atoms with Crippen LogP contribution >= 0.6 is 0 Å². The summed E-state index contributed by atoms with van der Waals surface area (Å²) in [6, 6.07) is -0.893. The van der Waals surface area contributed by atoms with E-state index in [0.717, 1.165) is 0 Å². The fraction of sp³-hybridized carbons (Fsp3) is 0.533. The van der Waals surface area contributed by atoms with E-state index >= 15 is 0 Å². The summed E-state index contributed by atoms with van der Waals surface area (Å²) >= 11 is 0. The zero-order valence-electron chi connectivity index (χ0n) is 14.8. The Balaban J connectivity index is 2.51. The van der Waals surface area contributed by atoms with Gasteiger partial charge in [-0.25, -0.2) is 26.7 Å². The van der Waals surface area contributed by atoms with Crippen molar-refractivity contribution in [1.82, 2.24) is 5.32 Å². The highest BCUT2D eigenvalue weighted by molar-refractivity contribution is 6.59. The number of anilines is 1. The first kappa shape index (κ1) is 23.3. The number of nitrogens with one attached hydrogen (secondary N) is 2. The second kappa shape index (κ2) is 10.5. The van der Waals surface area contributed by atoms with Crippen LogP contribution in [-0.2, 0) is 8.85 Å². The van der Waals surface area contributed by atoms with Crippen molar-refractivity contribution in [3.05, 3.63) is 29.1 Å². The van der Waals surface area contributed by atoms with Crippen LogP contribution < -0.4 is 10.6 Å². The van der Waals surface area contributed by atoms with E-state index in [2.05, 4.69) is 5.32 Å². The molecule has 2 amide bonds. The molecular formula is C15H21F5N2O4Si. The quantitative estimate of drug-likeness (QED) is 0.180. The monoisotopic (exact) mass is 416 g/mol. The molecule has 0 aliphatic heterocycles. The van der Waals surface area contributed by atoms with Crippen molar-refractivity contribution in [3.8, 4) is 0 Å². The number of carbonyl (C=O) groups excluding carboxylic acids is 1. The number of benzene rings is 1. The maximum atomic E-state index is 13.5. The Morgan fingerprint density at radius 1 is 0.926 bits per heavy atom. The maximum absolute atomic E-state index is 13.5. The number of carbonyl (C=O) groups is 1. The minimum Gasteiger partial charge on any atom is -0.390 e. The zero-order valence-corrected chi connectivity index (χ0v) is 15.8. The van der Waals surface area contributed by atoms with Crippen molar-refractivity contribution in [2.24, 2.45) is 0 Å². The molecule has 0 atom stereocenters. The van der Waals surface area contributed by atoms with E-state index in [1.165, 1.54) is 0 Å². The highest BCUT2D eigenvalue weighted by Crippen LogP contribution is 2.26. The molecule has 1 aromatic carbocycles. The van der Waals surface area contributed by atoms with Crippen molar-refractivity contribution in [2.45, 2.75) is 32.7 Å². The first-order valence-electron chi connectivity index (χ1n) is 8.23. The molecule has 12 heteroatoms. The van der Waals surface area contributed by atoms with E-state index in [1.807, 2.05) is 0 Å². The Hall–Kier alpha value is -1.76. The van der Waals surface area contributed by atoms with Crippen LogP contribution in [0, 0.1) is 29.1 Å². The molecular weight excluding hydrogens is 395 g/mol. The van der Waals surface area contributed by atoms with E-state index in [0.29, 0.717) is 12.8 Å². The third-order valence-electron chi connectivity index (χ3n) is 3.39. The molecule has 0 aromatic heterocycles. The summed E-state index contributed by atoms with van der Waals surface area (Å²) in [4.78, 5) is 21.8. The van der Waals surface area contributed by atoms with Gasteiger partial charge in [-0.3, -0.25) is 0 Å². The molecule has 0 saturated heterocycles. The number of halogens is 5. The molecule has 154 valence electrons. The summed E-state index contributed by atoms with van der Waals surface area (Å²) in [6.45, 7) is 4.02. The van der Waals surface area contributed by atoms with Crippen molar-refractivity contribution in [2.75, 3.05) is 25.1 Å². The van der Waals surface area contributed by atoms with Crippen LogP contribution in [0.15, 0.2) is 0 Å². The summed E-state index contributed by atoms with van der Waals surface area (Å²) < 4.78 is 76.4. The first-order chi connectivity index (χ1) is 12.7. The number of unbranched alkanes of at least 4 members (excludes halogenated alkanes) is 1. The number of hydrogen-bond acceptors (Lipinski definition) is 4. The molecule has 1 aromatic rings. The molecule has 3 N–H and O–H groups in total. The van der Waals surface area contributed by atoms with Crippen molar-refractivity contribution >= 4 is 20.5 Å². The molecule has 1 rings (SSSR count). The van der Waals surface area contributed by atoms with Gasteiger partial charge in [0.05, 0.1) is 0 Å². The van der Waals surface area contributed by atoms with E-state index in [4.69, 9.17) is 8.85 Å². The van der Waals surface area contributed by atoms with E-state index in [1.54, 1.807) is 19.2 Å². The molecule has 0 aliphatic rings. The van der Waals surface area contributed by atoms with E-state index < -0.39 is 49.6 Å². The smallest absolute Gasteiger partial charge is 0.390 e. The van der Waals surface area contributed by atoms with Crippen LogP contribution in [0.1, 0.15) is 26.7 Å². The van der Waals surface area contributed by atoms with E-state index in [-0.39, 0.29) is 25.8 Å². The maximum Gasteiger partial charge on any atom is 0.498 e. The summed E-state index contributed by atoms with van der Waals surface area (Å²) in [5, 5.41) is 3.82. The van der Waals surface area contributed by atoms with Crippen LogP contribution in [0.2, 0.25) is 6.04 Å². The van der Waals surface area contributed by atoms with Gasteiger partial charge in [0.25, 0.3) is 0 Å². The van der Waals surface area contributed by atoms with Crippen molar-refractivity contribution in [1.29, 1.82) is 0 Å². The SMILES string of the molecule is CCO[Si](O)(CCCCNC(=O)Nc1c(F)c(F)c(F)c(F)c1F)OCC. The lowest BCUT2D eigenvalue weighted by molar-refractivity contribution is 0.107. The normalized spacial score (nSPS) is 11.6. The minimum atomic E-state index is -3.27. The van der Waals surface area contributed by atoms with Gasteiger partial charge in [-0.2, -0.15) is 0 Å². The fourth-order valence-electron chi connectivity index (χ4n) is 2.18. The molecule has 0 fully saturated rings. The van der Waals surface area contributed by atoms with Crippen LogP contribution in [0.25, 0.3) is 0 Å². The first-order valence-corrected chi connectivity index (χ1v) is 10.2. The number of hydrogen-bond donors (Lipinski definition) is 3. The standard InChI is InChI=1S/C15H21F5N2O4Si/c1-3-25-27(24,26-4-2)8-6-5-7-21-15(23)22-14-12(19)10(17)9(16)11(18)13(14)20/h24H,3-8H2,1-2H3,(H2,21,22,23). The lowest BCUT2D eigenvalue weighted by atomic mass is 10.2. The van der Waals surface area contributed by atoms with Gasteiger partial charge in [0.1, 0.15) is 5.69 Å². The second-order valence-corrected chi connectivity index (χ2v) is 7.86. The van der Waals surface area contributed by atoms with Gasteiger partial charge >= 0.3 is 14.8 Å². The summed E-state index contributed by atoms with van der Waals surface area (Å²) in [5.74, 6) is -10.9. The van der Waals surface area contributed by atoms with E-state index in [9.17, 15) is 31.5 Å². The Morgan fingerprint density at radius 2 is 1.41 bits per heavy atom. The Morgan fingerprint density at radius 3 is 1.89 bits per heavy atom. The van der Waals surface area contributed by atoms with Crippen LogP contribution in [-0.4, -0.2) is 39.4 Å². The molecule has 0 heterocycles. The third-order valence-corrected chi connectivity index (χ3v) is 5.86. The average molecular weight is 416 g/mol. The Kier molecular flexibility index (Phi) is 9.09. The number of amides is 2. The molecule has 27 heavy (non-hydrogen) atoms. The Labute approximate surface area is 154 Å². The lowest BCUT2D eigenvalue weighted by Gasteiger charge is -2.22. The zero-order chi connectivity index (χ0) is 20.6. The van der Waals surface area contributed by atoms with Gasteiger partial charge in [0.15, 0.2) is 23.3 Å². The molecule has 6 nitrogen and oxygen atoms in total. The highest BCUT2D eigenvalue weighted by Gasteiger charge is 2.35. The van der Waals surface area contributed by atoms with Gasteiger partial charge in [0.2, 0.25) is 5.82 Å². The predicted molar refractivity (Wildman–Crippen MR) is 88.5 cm³/mol. The van der Waals surface area contributed by atoms with Gasteiger partial charge < -0.3 is 24.3 Å². The molecule has 0 radical (unpaired) electrons. The fourth-order valence-corrected chi connectivity index (χ4v) is 4.16. The molecule has 0 bridgehead atoms. The number of urea groups is 1. The van der Waals surface area contributed by atoms with Crippen molar-refractivity contribution in [3.63, 3.8) is 0 Å². The Bertz CT molecular complexity index is 631. The van der Waals surface area contributed by atoms with Crippen LogP contribution in [0.3, 0.4) is 0 Å².